The third-order valence-corrected chi connectivity index (χ3v) is 3.93. The SMILES string of the molecule is CC1C(=O)C=C(/C=C/c2cc(C(F)(F)F)cc(C(F)(F)F)c2)C=C1C(F)(F)F. The molecule has 0 aromatic heterocycles. The fourth-order valence-electron chi connectivity index (χ4n) is 2.48. The summed E-state index contributed by atoms with van der Waals surface area (Å²) in [4.78, 5) is 11.7. The molecule has 1 aromatic carbocycles. The van der Waals surface area contributed by atoms with E-state index in [2.05, 4.69) is 0 Å². The number of hydrogen-bond donors (Lipinski definition) is 0. The average Bonchev–Trinajstić information content (AvgIpc) is 2.52. The minimum atomic E-state index is -5.05. The van der Waals surface area contributed by atoms with Crippen LogP contribution in [0.2, 0.25) is 0 Å². The number of ketones is 1. The van der Waals surface area contributed by atoms with E-state index in [9.17, 15) is 44.3 Å². The van der Waals surface area contributed by atoms with Crippen LogP contribution in [0.1, 0.15) is 23.6 Å². The molecule has 0 bridgehead atoms. The molecule has 0 aliphatic heterocycles. The molecule has 0 N–H and O–H groups in total. The van der Waals surface area contributed by atoms with Gasteiger partial charge >= 0.3 is 18.5 Å². The second-order valence-corrected chi connectivity index (χ2v) is 6.04. The molecule has 0 fully saturated rings. The van der Waals surface area contributed by atoms with Crippen molar-refractivity contribution in [1.82, 2.24) is 0 Å². The van der Waals surface area contributed by atoms with E-state index in [0.29, 0.717) is 18.2 Å². The van der Waals surface area contributed by atoms with Crippen LogP contribution in [0, 0.1) is 5.92 Å². The largest absolute Gasteiger partial charge is 0.416 e. The highest BCUT2D eigenvalue weighted by Crippen LogP contribution is 2.38. The number of carbonyl (C=O) groups is 1. The second kappa shape index (κ2) is 7.14. The lowest BCUT2D eigenvalue weighted by molar-refractivity contribution is -0.143. The molecule has 1 aliphatic rings. The molecule has 0 heterocycles. The van der Waals surface area contributed by atoms with Gasteiger partial charge in [0, 0.05) is 11.5 Å². The molecule has 10 heteroatoms. The average molecular weight is 414 g/mol. The molecule has 0 radical (unpaired) electrons. The van der Waals surface area contributed by atoms with E-state index < -0.39 is 52.5 Å². The Morgan fingerprint density at radius 2 is 1.25 bits per heavy atom. The summed E-state index contributed by atoms with van der Waals surface area (Å²) < 4.78 is 116. The first-order chi connectivity index (χ1) is 12.6. The van der Waals surface area contributed by atoms with E-state index in [1.807, 2.05) is 0 Å². The summed E-state index contributed by atoms with van der Waals surface area (Å²) in [5, 5.41) is 0. The van der Waals surface area contributed by atoms with Crippen LogP contribution in [-0.4, -0.2) is 12.0 Å². The highest BCUT2D eigenvalue weighted by atomic mass is 19.4. The third kappa shape index (κ3) is 5.05. The van der Waals surface area contributed by atoms with Crippen molar-refractivity contribution < 1.29 is 44.3 Å². The van der Waals surface area contributed by atoms with E-state index in [4.69, 9.17) is 0 Å². The minimum Gasteiger partial charge on any atom is -0.294 e. The molecule has 1 aromatic rings. The summed E-state index contributed by atoms with van der Waals surface area (Å²) in [6.45, 7) is 1.04. The lowest BCUT2D eigenvalue weighted by Gasteiger charge is -2.20. The number of hydrogen-bond acceptors (Lipinski definition) is 1. The molecule has 0 saturated heterocycles. The molecule has 0 amide bonds. The Bertz CT molecular complexity index is 832. The zero-order valence-electron chi connectivity index (χ0n) is 13.9. The number of benzene rings is 1. The first-order valence-electron chi connectivity index (χ1n) is 7.61. The molecule has 1 aliphatic carbocycles. The van der Waals surface area contributed by atoms with Crippen LogP contribution < -0.4 is 0 Å². The monoisotopic (exact) mass is 414 g/mol. The van der Waals surface area contributed by atoms with Gasteiger partial charge < -0.3 is 0 Å². The minimum absolute atomic E-state index is 0.0654. The van der Waals surface area contributed by atoms with Gasteiger partial charge in [-0.15, -0.1) is 0 Å². The number of alkyl halides is 9. The summed E-state index contributed by atoms with van der Waals surface area (Å²) in [7, 11) is 0. The number of halogens is 9. The molecule has 0 spiro atoms. The van der Waals surface area contributed by atoms with Crippen molar-refractivity contribution in [3.63, 3.8) is 0 Å². The Kier molecular flexibility index (Phi) is 5.55. The Hall–Kier alpha value is -2.52. The van der Waals surface area contributed by atoms with Crippen molar-refractivity contribution in [2.45, 2.75) is 25.5 Å². The smallest absolute Gasteiger partial charge is 0.294 e. The Balaban J connectivity index is 2.47. The van der Waals surface area contributed by atoms with E-state index >= 15 is 0 Å². The summed E-state index contributed by atoms with van der Waals surface area (Å²) in [6, 6.07) is 0.784. The van der Waals surface area contributed by atoms with Crippen molar-refractivity contribution >= 4 is 11.9 Å². The fourth-order valence-corrected chi connectivity index (χ4v) is 2.48. The highest BCUT2D eigenvalue weighted by Gasteiger charge is 2.40. The second-order valence-electron chi connectivity index (χ2n) is 6.04. The summed E-state index contributed by atoms with van der Waals surface area (Å²) in [6.07, 6.45) is -11.8. The Labute approximate surface area is 152 Å². The Morgan fingerprint density at radius 3 is 1.68 bits per heavy atom. The number of carbonyl (C=O) groups excluding carboxylic acids is 1. The van der Waals surface area contributed by atoms with Crippen LogP contribution >= 0.6 is 0 Å². The molecule has 1 atom stereocenters. The molecule has 28 heavy (non-hydrogen) atoms. The van der Waals surface area contributed by atoms with E-state index in [1.54, 1.807) is 0 Å². The van der Waals surface area contributed by atoms with E-state index in [1.165, 1.54) is 0 Å². The lowest BCUT2D eigenvalue weighted by atomic mass is 9.88. The lowest BCUT2D eigenvalue weighted by Crippen LogP contribution is -2.25. The molecule has 2 rings (SSSR count). The maximum atomic E-state index is 12.9. The molecular weight excluding hydrogens is 403 g/mol. The van der Waals surface area contributed by atoms with Gasteiger partial charge in [0.05, 0.1) is 11.1 Å². The van der Waals surface area contributed by atoms with Gasteiger partial charge in [-0.25, -0.2) is 0 Å². The fraction of sp³-hybridized carbons (Fsp3) is 0.278. The zero-order chi connectivity index (χ0) is 21.5. The zero-order valence-corrected chi connectivity index (χ0v) is 13.9. The first-order valence-corrected chi connectivity index (χ1v) is 7.61. The van der Waals surface area contributed by atoms with Gasteiger partial charge in [-0.05, 0) is 41.5 Å². The summed E-state index contributed by atoms with van der Waals surface area (Å²) in [5.74, 6) is -2.34. The van der Waals surface area contributed by atoms with Crippen LogP contribution in [0.4, 0.5) is 39.5 Å². The van der Waals surface area contributed by atoms with Crippen LogP contribution in [0.5, 0.6) is 0 Å². The normalized spacial score (nSPS) is 19.1. The van der Waals surface area contributed by atoms with E-state index in [0.717, 1.165) is 25.2 Å². The molecule has 152 valence electrons. The third-order valence-electron chi connectivity index (χ3n) is 3.93. The van der Waals surface area contributed by atoms with Crippen molar-refractivity contribution in [2.75, 3.05) is 0 Å². The number of rotatable bonds is 2. The predicted molar refractivity (Wildman–Crippen MR) is 81.9 cm³/mol. The van der Waals surface area contributed by atoms with Gasteiger partial charge in [0.25, 0.3) is 0 Å². The van der Waals surface area contributed by atoms with Crippen molar-refractivity contribution in [2.24, 2.45) is 5.92 Å². The van der Waals surface area contributed by atoms with Crippen LogP contribution in [-0.2, 0) is 17.1 Å². The topological polar surface area (TPSA) is 17.1 Å². The van der Waals surface area contributed by atoms with Crippen LogP contribution in [0.15, 0.2) is 47.6 Å². The van der Waals surface area contributed by atoms with Gasteiger partial charge in [0.2, 0.25) is 0 Å². The molecule has 0 saturated carbocycles. The molecule has 1 unspecified atom stereocenters. The maximum absolute atomic E-state index is 12.9. The standard InChI is InChI=1S/C18H11F9O/c1-9-14(18(25,26)27)6-11(7-15(9)28)3-2-10-4-12(16(19,20)21)8-13(5-10)17(22,23)24/h2-9H,1H3/b3-2+. The van der Waals surface area contributed by atoms with Crippen molar-refractivity contribution in [1.29, 1.82) is 0 Å². The van der Waals surface area contributed by atoms with Gasteiger partial charge in [-0.3, -0.25) is 4.79 Å². The first kappa shape index (κ1) is 21.8. The van der Waals surface area contributed by atoms with Crippen LogP contribution in [0.25, 0.3) is 6.08 Å². The molecule has 1 nitrogen and oxygen atoms in total. The highest BCUT2D eigenvalue weighted by molar-refractivity contribution is 5.97. The summed E-state index contributed by atoms with van der Waals surface area (Å²) >= 11 is 0. The van der Waals surface area contributed by atoms with Gasteiger partial charge in [0.1, 0.15) is 0 Å². The Morgan fingerprint density at radius 1 is 0.750 bits per heavy atom. The maximum Gasteiger partial charge on any atom is 0.416 e. The van der Waals surface area contributed by atoms with E-state index in [-0.39, 0.29) is 11.6 Å². The van der Waals surface area contributed by atoms with Gasteiger partial charge in [-0.2, -0.15) is 39.5 Å². The summed E-state index contributed by atoms with van der Waals surface area (Å²) in [5.41, 5.74) is -5.09. The number of allylic oxidation sites excluding steroid dienone is 5. The van der Waals surface area contributed by atoms with Gasteiger partial charge in [-0.1, -0.05) is 19.1 Å². The molecular formula is C18H11F9O. The quantitative estimate of drug-likeness (QED) is 0.514. The van der Waals surface area contributed by atoms with Crippen molar-refractivity contribution in [3.05, 3.63) is 64.3 Å². The van der Waals surface area contributed by atoms with Gasteiger partial charge in [0.15, 0.2) is 5.78 Å². The van der Waals surface area contributed by atoms with Crippen LogP contribution in [0.3, 0.4) is 0 Å². The van der Waals surface area contributed by atoms with Crippen molar-refractivity contribution in [3.8, 4) is 0 Å². The predicted octanol–water partition coefficient (Wildman–Crippen LogP) is 6.37.